The minimum absolute atomic E-state index is 0.0110. The number of nitrogens with zero attached hydrogens (tertiary/aromatic N) is 1. The molecule has 4 heteroatoms. The molecular weight excluding hydrogens is 228 g/mol. The third kappa shape index (κ3) is 2.27. The summed E-state index contributed by atoms with van der Waals surface area (Å²) in [5.41, 5.74) is 7.46. The van der Waals surface area contributed by atoms with Crippen molar-refractivity contribution in [2.24, 2.45) is 5.73 Å². The number of carbonyl (C=O) groups excluding carboxylic acids is 1. The number of aromatic hydroxyl groups is 1. The highest BCUT2D eigenvalue weighted by Gasteiger charge is 2.17. The Balaban J connectivity index is 2.50. The summed E-state index contributed by atoms with van der Waals surface area (Å²) in [5.74, 6) is 0.0110. The molecule has 0 spiro atoms. The quantitative estimate of drug-likeness (QED) is 0.850. The monoisotopic (exact) mass is 242 g/mol. The Morgan fingerprint density at radius 1 is 1.11 bits per heavy atom. The number of benzene rings is 2. The molecule has 0 aliphatic rings. The molecule has 0 heterocycles. The van der Waals surface area contributed by atoms with Crippen LogP contribution >= 0.6 is 0 Å². The highest BCUT2D eigenvalue weighted by molar-refractivity contribution is 5.99. The minimum Gasteiger partial charge on any atom is -0.506 e. The highest BCUT2D eigenvalue weighted by atomic mass is 16.3. The number of carbonyl (C=O) groups is 1. The van der Waals surface area contributed by atoms with E-state index in [4.69, 9.17) is 5.73 Å². The second-order valence-electron chi connectivity index (χ2n) is 4.00. The van der Waals surface area contributed by atoms with Crippen molar-refractivity contribution in [1.29, 1.82) is 0 Å². The molecule has 0 atom stereocenters. The van der Waals surface area contributed by atoms with Crippen LogP contribution in [0.3, 0.4) is 0 Å². The first-order chi connectivity index (χ1) is 8.59. The van der Waals surface area contributed by atoms with E-state index in [-0.39, 0.29) is 5.75 Å². The van der Waals surface area contributed by atoms with Crippen LogP contribution < -0.4 is 10.6 Å². The molecule has 2 rings (SSSR count). The molecule has 2 aromatic carbocycles. The van der Waals surface area contributed by atoms with Crippen LogP contribution in [-0.4, -0.2) is 11.1 Å². The first-order valence-corrected chi connectivity index (χ1v) is 5.54. The van der Waals surface area contributed by atoms with E-state index >= 15 is 0 Å². The number of para-hydroxylation sites is 2. The van der Waals surface area contributed by atoms with Gasteiger partial charge >= 0.3 is 6.03 Å². The molecule has 0 fully saturated rings. The van der Waals surface area contributed by atoms with Gasteiger partial charge in [-0.2, -0.15) is 0 Å². The van der Waals surface area contributed by atoms with Crippen LogP contribution in [0, 0.1) is 6.92 Å². The van der Waals surface area contributed by atoms with E-state index < -0.39 is 6.03 Å². The van der Waals surface area contributed by atoms with Crippen LogP contribution in [0.4, 0.5) is 16.2 Å². The van der Waals surface area contributed by atoms with Gasteiger partial charge in [-0.05, 0) is 31.2 Å². The summed E-state index contributed by atoms with van der Waals surface area (Å²) < 4.78 is 0. The molecule has 92 valence electrons. The van der Waals surface area contributed by atoms with E-state index in [9.17, 15) is 9.90 Å². The first kappa shape index (κ1) is 12.0. The maximum Gasteiger partial charge on any atom is 0.324 e. The van der Waals surface area contributed by atoms with Crippen LogP contribution in [0.25, 0.3) is 0 Å². The summed E-state index contributed by atoms with van der Waals surface area (Å²) in [6.07, 6.45) is 0. The van der Waals surface area contributed by atoms with Crippen molar-refractivity contribution in [3.63, 3.8) is 0 Å². The summed E-state index contributed by atoms with van der Waals surface area (Å²) in [7, 11) is 0. The molecule has 0 unspecified atom stereocenters. The van der Waals surface area contributed by atoms with Crippen LogP contribution in [0.5, 0.6) is 5.75 Å². The maximum absolute atomic E-state index is 11.6. The number of hydrogen-bond acceptors (Lipinski definition) is 2. The highest BCUT2D eigenvalue weighted by Crippen LogP contribution is 2.32. The summed E-state index contributed by atoms with van der Waals surface area (Å²) in [4.78, 5) is 12.8. The fourth-order valence-corrected chi connectivity index (χ4v) is 1.73. The van der Waals surface area contributed by atoms with Crippen molar-refractivity contribution in [2.45, 2.75) is 6.92 Å². The maximum atomic E-state index is 11.6. The van der Waals surface area contributed by atoms with E-state index in [1.54, 1.807) is 30.3 Å². The van der Waals surface area contributed by atoms with Crippen molar-refractivity contribution in [3.8, 4) is 5.75 Å². The standard InChI is InChI=1S/C14H14N2O2/c1-10-6-8-11(9-7-10)16(14(15)18)12-4-2-3-5-13(12)17/h2-9,17H,1H3,(H2,15,18). The molecule has 3 N–H and O–H groups in total. The lowest BCUT2D eigenvalue weighted by Crippen LogP contribution is -2.31. The first-order valence-electron chi connectivity index (χ1n) is 5.54. The lowest BCUT2D eigenvalue weighted by Gasteiger charge is -2.21. The average Bonchev–Trinajstić information content (AvgIpc) is 2.34. The van der Waals surface area contributed by atoms with Gasteiger partial charge in [0.15, 0.2) is 0 Å². The minimum atomic E-state index is -0.639. The lowest BCUT2D eigenvalue weighted by molar-refractivity contribution is 0.256. The fraction of sp³-hybridized carbons (Fsp3) is 0.0714. The predicted molar refractivity (Wildman–Crippen MR) is 71.0 cm³/mol. The largest absolute Gasteiger partial charge is 0.506 e. The van der Waals surface area contributed by atoms with Crippen LogP contribution in [0.2, 0.25) is 0 Å². The Morgan fingerprint density at radius 3 is 2.28 bits per heavy atom. The third-order valence-electron chi connectivity index (χ3n) is 2.64. The van der Waals surface area contributed by atoms with Gasteiger partial charge in [0.05, 0.1) is 11.4 Å². The van der Waals surface area contributed by atoms with E-state index in [0.29, 0.717) is 11.4 Å². The van der Waals surface area contributed by atoms with Crippen molar-refractivity contribution < 1.29 is 9.90 Å². The van der Waals surface area contributed by atoms with Gasteiger partial charge in [-0.25, -0.2) is 4.79 Å². The smallest absolute Gasteiger partial charge is 0.324 e. The number of amides is 2. The van der Waals surface area contributed by atoms with Gasteiger partial charge in [-0.3, -0.25) is 4.90 Å². The van der Waals surface area contributed by atoms with Gasteiger partial charge in [0, 0.05) is 0 Å². The topological polar surface area (TPSA) is 66.6 Å². The molecule has 4 nitrogen and oxygen atoms in total. The Hall–Kier alpha value is -2.49. The number of aryl methyl sites for hydroxylation is 1. The zero-order chi connectivity index (χ0) is 13.1. The molecule has 2 aromatic rings. The molecule has 0 aromatic heterocycles. The molecule has 18 heavy (non-hydrogen) atoms. The summed E-state index contributed by atoms with van der Waals surface area (Å²) >= 11 is 0. The van der Waals surface area contributed by atoms with E-state index in [1.165, 1.54) is 11.0 Å². The SMILES string of the molecule is Cc1ccc(N(C(N)=O)c2ccccc2O)cc1. The summed E-state index contributed by atoms with van der Waals surface area (Å²) in [5, 5.41) is 9.80. The number of nitrogens with two attached hydrogens (primary N) is 1. The molecule has 0 radical (unpaired) electrons. The average molecular weight is 242 g/mol. The second-order valence-corrected chi connectivity index (χ2v) is 4.00. The second kappa shape index (κ2) is 4.79. The van der Waals surface area contributed by atoms with Gasteiger partial charge in [0.2, 0.25) is 0 Å². The van der Waals surface area contributed by atoms with E-state index in [2.05, 4.69) is 0 Å². The Morgan fingerprint density at radius 2 is 1.72 bits per heavy atom. The number of urea groups is 1. The molecule has 0 aliphatic heterocycles. The molecule has 0 saturated heterocycles. The molecule has 2 amide bonds. The zero-order valence-electron chi connectivity index (χ0n) is 10.00. The summed E-state index contributed by atoms with van der Waals surface area (Å²) in [6.45, 7) is 1.96. The number of phenols is 1. The van der Waals surface area contributed by atoms with Crippen LogP contribution in [0.15, 0.2) is 48.5 Å². The van der Waals surface area contributed by atoms with Gasteiger partial charge in [-0.1, -0.05) is 29.8 Å². The van der Waals surface area contributed by atoms with E-state index in [0.717, 1.165) is 5.56 Å². The van der Waals surface area contributed by atoms with Crippen LogP contribution in [0.1, 0.15) is 5.56 Å². The number of hydrogen-bond donors (Lipinski definition) is 2. The molecule has 0 bridgehead atoms. The number of phenolic OH excluding ortho intramolecular Hbond substituents is 1. The Kier molecular flexibility index (Phi) is 3.19. The number of rotatable bonds is 2. The van der Waals surface area contributed by atoms with Crippen molar-refractivity contribution in [2.75, 3.05) is 4.90 Å². The van der Waals surface area contributed by atoms with Gasteiger partial charge in [0.1, 0.15) is 5.75 Å². The molecule has 0 aliphatic carbocycles. The fourth-order valence-electron chi connectivity index (χ4n) is 1.73. The van der Waals surface area contributed by atoms with Gasteiger partial charge in [0.25, 0.3) is 0 Å². The van der Waals surface area contributed by atoms with Crippen molar-refractivity contribution in [1.82, 2.24) is 0 Å². The number of anilines is 2. The molecular formula is C14H14N2O2. The molecule has 0 saturated carbocycles. The normalized spacial score (nSPS) is 10.1. The van der Waals surface area contributed by atoms with E-state index in [1.807, 2.05) is 19.1 Å². The van der Waals surface area contributed by atoms with Gasteiger partial charge in [-0.15, -0.1) is 0 Å². The third-order valence-corrected chi connectivity index (χ3v) is 2.64. The van der Waals surface area contributed by atoms with Gasteiger partial charge < -0.3 is 10.8 Å². The zero-order valence-corrected chi connectivity index (χ0v) is 10.00. The Bertz CT molecular complexity index is 564. The van der Waals surface area contributed by atoms with Crippen molar-refractivity contribution in [3.05, 3.63) is 54.1 Å². The Labute approximate surface area is 105 Å². The predicted octanol–water partition coefficient (Wildman–Crippen LogP) is 2.92. The lowest BCUT2D eigenvalue weighted by atomic mass is 10.2. The summed E-state index contributed by atoms with van der Waals surface area (Å²) in [6, 6.07) is 13.3. The number of primary amides is 1. The van der Waals surface area contributed by atoms with Crippen molar-refractivity contribution >= 4 is 17.4 Å². The van der Waals surface area contributed by atoms with Crippen LogP contribution in [-0.2, 0) is 0 Å².